The zero-order valence-corrected chi connectivity index (χ0v) is 14.6. The Balaban J connectivity index is 2.13. The van der Waals surface area contributed by atoms with Crippen LogP contribution in [0, 0.1) is 0 Å². The summed E-state index contributed by atoms with van der Waals surface area (Å²) in [5, 5.41) is 9.20. The lowest BCUT2D eigenvalue weighted by molar-refractivity contribution is -0.144. The second-order valence-electron chi connectivity index (χ2n) is 6.00. The van der Waals surface area contributed by atoms with Crippen LogP contribution >= 0.6 is 0 Å². The molecule has 7 nitrogen and oxygen atoms in total. The summed E-state index contributed by atoms with van der Waals surface area (Å²) in [5.74, 6) is -1.02. The van der Waals surface area contributed by atoms with Crippen LogP contribution in [0.5, 0.6) is 0 Å². The molecule has 0 unspecified atom stereocenters. The second-order valence-corrected chi connectivity index (χ2v) is 7.77. The number of nitrogens with one attached hydrogen (secondary N) is 1. The number of amides is 1. The Hall–Kier alpha value is -1.77. The van der Waals surface area contributed by atoms with Gasteiger partial charge in [-0.3, -0.25) is 9.59 Å². The summed E-state index contributed by atoms with van der Waals surface area (Å²) in [5.41, 5.74) is 1.71. The summed E-state index contributed by atoms with van der Waals surface area (Å²) in [7, 11) is -3.63. The van der Waals surface area contributed by atoms with Gasteiger partial charge >= 0.3 is 0 Å². The number of carbonyl (C=O) groups excluding carboxylic acids is 2. The molecule has 132 valence electrons. The van der Waals surface area contributed by atoms with Crippen LogP contribution in [0.2, 0.25) is 0 Å². The lowest BCUT2D eigenvalue weighted by Crippen LogP contribution is -2.39. The maximum Gasteiger partial charge on any atom is 0.289 e. The number of hydrogen-bond acceptors (Lipinski definition) is 5. The van der Waals surface area contributed by atoms with Gasteiger partial charge in [-0.05, 0) is 43.0 Å². The van der Waals surface area contributed by atoms with E-state index in [-0.39, 0.29) is 11.4 Å². The van der Waals surface area contributed by atoms with Crippen molar-refractivity contribution in [3.63, 3.8) is 0 Å². The van der Waals surface area contributed by atoms with E-state index in [1.54, 1.807) is 19.1 Å². The van der Waals surface area contributed by atoms with Gasteiger partial charge in [0.1, 0.15) is 0 Å². The van der Waals surface area contributed by atoms with Crippen LogP contribution in [0.3, 0.4) is 0 Å². The van der Waals surface area contributed by atoms with Gasteiger partial charge in [-0.1, -0.05) is 6.07 Å². The highest BCUT2D eigenvalue weighted by molar-refractivity contribution is 7.89. The number of ketones is 1. The Morgan fingerprint density at radius 1 is 1.33 bits per heavy atom. The van der Waals surface area contributed by atoms with Gasteiger partial charge in [0.15, 0.2) is 0 Å². The lowest BCUT2D eigenvalue weighted by atomic mass is 9.99. The Kier molecular flexibility index (Phi) is 5.74. The van der Waals surface area contributed by atoms with E-state index in [4.69, 9.17) is 0 Å². The lowest BCUT2D eigenvalue weighted by Gasteiger charge is -2.28. The number of nitrogens with zero attached hydrogens (tertiary/aromatic N) is 1. The van der Waals surface area contributed by atoms with Gasteiger partial charge in [-0.15, -0.1) is 0 Å². The first kappa shape index (κ1) is 18.6. The Bertz CT molecular complexity index is 743. The van der Waals surface area contributed by atoms with Crippen LogP contribution in [0.25, 0.3) is 0 Å². The van der Waals surface area contributed by atoms with Crippen LogP contribution in [0.1, 0.15) is 31.4 Å². The molecule has 0 fully saturated rings. The Labute approximate surface area is 141 Å². The average molecular weight is 354 g/mol. The van der Waals surface area contributed by atoms with Crippen LogP contribution in [-0.4, -0.2) is 49.3 Å². The zero-order valence-electron chi connectivity index (χ0n) is 13.8. The maximum absolute atomic E-state index is 12.3. The van der Waals surface area contributed by atoms with Gasteiger partial charge in [-0.2, -0.15) is 0 Å². The predicted molar refractivity (Wildman–Crippen MR) is 87.7 cm³/mol. The number of hydrogen-bond donors (Lipinski definition) is 2. The Morgan fingerprint density at radius 3 is 2.67 bits per heavy atom. The molecule has 1 atom stereocenters. The summed E-state index contributed by atoms with van der Waals surface area (Å²) >= 11 is 0. The van der Waals surface area contributed by atoms with E-state index in [9.17, 15) is 23.1 Å². The molecule has 0 aromatic heterocycles. The quantitative estimate of drug-likeness (QED) is 0.711. The molecule has 1 aliphatic rings. The fourth-order valence-corrected chi connectivity index (χ4v) is 3.68. The monoisotopic (exact) mass is 354 g/mol. The van der Waals surface area contributed by atoms with Gasteiger partial charge in [0.05, 0.1) is 11.0 Å². The minimum Gasteiger partial charge on any atom is -0.393 e. The summed E-state index contributed by atoms with van der Waals surface area (Å²) in [4.78, 5) is 24.6. The molecule has 2 rings (SSSR count). The van der Waals surface area contributed by atoms with Crippen molar-refractivity contribution in [2.75, 3.05) is 13.1 Å². The third kappa shape index (κ3) is 4.40. The molecule has 1 heterocycles. The molecule has 0 spiro atoms. The maximum atomic E-state index is 12.3. The second kappa shape index (κ2) is 7.42. The topological polar surface area (TPSA) is 104 Å². The van der Waals surface area contributed by atoms with Crippen LogP contribution < -0.4 is 4.72 Å². The molecule has 0 aliphatic carbocycles. The fraction of sp³-hybridized carbons (Fsp3) is 0.500. The number of fused-ring (bicyclic) bond motifs is 1. The van der Waals surface area contributed by atoms with E-state index in [1.807, 2.05) is 0 Å². The normalized spacial score (nSPS) is 15.7. The van der Waals surface area contributed by atoms with E-state index in [2.05, 4.69) is 4.72 Å². The van der Waals surface area contributed by atoms with E-state index in [1.165, 1.54) is 17.9 Å². The highest BCUT2D eigenvalue weighted by Crippen LogP contribution is 2.22. The van der Waals surface area contributed by atoms with Crippen LogP contribution in [-0.2, 0) is 32.6 Å². The molecule has 0 saturated carbocycles. The van der Waals surface area contributed by atoms with Crippen molar-refractivity contribution < 1.29 is 23.1 Å². The van der Waals surface area contributed by atoms with E-state index in [0.29, 0.717) is 25.9 Å². The molecular weight excluding hydrogens is 332 g/mol. The first-order valence-corrected chi connectivity index (χ1v) is 9.28. The fourth-order valence-electron chi connectivity index (χ4n) is 2.58. The van der Waals surface area contributed by atoms with Crippen molar-refractivity contribution in [2.45, 2.75) is 44.2 Å². The minimum absolute atomic E-state index is 0.165. The summed E-state index contributed by atoms with van der Waals surface area (Å²) in [6.45, 7) is 3.71. The van der Waals surface area contributed by atoms with Crippen molar-refractivity contribution in [2.24, 2.45) is 0 Å². The number of benzene rings is 1. The number of sulfonamides is 1. The molecule has 0 saturated heterocycles. The highest BCUT2D eigenvalue weighted by atomic mass is 32.2. The smallest absolute Gasteiger partial charge is 0.289 e. The SMILES string of the molecule is CC(=O)C(=O)N1CCc2cc(S(=O)(=O)NCC[C@H](C)O)ccc2C1. The number of carbonyl (C=O) groups is 2. The number of aliphatic hydroxyl groups is 1. The average Bonchev–Trinajstić information content (AvgIpc) is 2.52. The molecule has 0 radical (unpaired) electrons. The van der Waals surface area contributed by atoms with Crippen molar-refractivity contribution in [3.8, 4) is 0 Å². The van der Waals surface area contributed by atoms with Crippen molar-refractivity contribution in [1.82, 2.24) is 9.62 Å². The van der Waals surface area contributed by atoms with Crippen LogP contribution in [0.15, 0.2) is 23.1 Å². The molecule has 24 heavy (non-hydrogen) atoms. The summed E-state index contributed by atoms with van der Waals surface area (Å²) in [6, 6.07) is 4.78. The van der Waals surface area contributed by atoms with Crippen molar-refractivity contribution in [1.29, 1.82) is 0 Å². The minimum atomic E-state index is -3.63. The zero-order chi connectivity index (χ0) is 17.9. The Morgan fingerprint density at radius 2 is 2.04 bits per heavy atom. The largest absolute Gasteiger partial charge is 0.393 e. The van der Waals surface area contributed by atoms with Gasteiger partial charge in [0.25, 0.3) is 5.91 Å². The first-order chi connectivity index (χ1) is 11.2. The van der Waals surface area contributed by atoms with Gasteiger partial charge in [-0.25, -0.2) is 13.1 Å². The molecule has 0 bridgehead atoms. The van der Waals surface area contributed by atoms with E-state index < -0.39 is 27.8 Å². The molecule has 1 aliphatic heterocycles. The van der Waals surface area contributed by atoms with Gasteiger partial charge in [0.2, 0.25) is 15.8 Å². The third-order valence-electron chi connectivity index (χ3n) is 3.94. The van der Waals surface area contributed by atoms with Crippen LogP contribution in [0.4, 0.5) is 0 Å². The van der Waals surface area contributed by atoms with E-state index in [0.717, 1.165) is 11.1 Å². The molecule has 1 aromatic rings. The van der Waals surface area contributed by atoms with Crippen molar-refractivity contribution in [3.05, 3.63) is 29.3 Å². The predicted octanol–water partition coefficient (Wildman–Crippen LogP) is 0.210. The standard InChI is InChI=1S/C16H22N2O5S/c1-11(19)5-7-17-24(22,23)15-4-3-14-10-18(16(21)12(2)20)8-6-13(14)9-15/h3-4,9,11,17,19H,5-8,10H2,1-2H3/t11-/m0/s1. The molecular formula is C16H22N2O5S. The van der Waals surface area contributed by atoms with Gasteiger partial charge in [0, 0.05) is 26.6 Å². The first-order valence-electron chi connectivity index (χ1n) is 7.80. The molecule has 1 aromatic carbocycles. The number of Topliss-reactive ketones (excluding diaryl/α,β-unsaturated/α-hetero) is 1. The van der Waals surface area contributed by atoms with Crippen molar-refractivity contribution >= 4 is 21.7 Å². The number of aliphatic hydroxyl groups excluding tert-OH is 1. The molecule has 2 N–H and O–H groups in total. The summed E-state index contributed by atoms with van der Waals surface area (Å²) in [6.07, 6.45) is 0.276. The number of rotatable bonds is 6. The van der Waals surface area contributed by atoms with E-state index >= 15 is 0 Å². The van der Waals surface area contributed by atoms with Gasteiger partial charge < -0.3 is 10.0 Å². The highest BCUT2D eigenvalue weighted by Gasteiger charge is 2.24. The summed E-state index contributed by atoms with van der Waals surface area (Å²) < 4.78 is 27.0. The molecule has 8 heteroatoms. The molecule has 1 amide bonds. The third-order valence-corrected chi connectivity index (χ3v) is 5.40.